The summed E-state index contributed by atoms with van der Waals surface area (Å²) in [5.41, 5.74) is 2.13. The summed E-state index contributed by atoms with van der Waals surface area (Å²) in [5.74, 6) is -0.300. The van der Waals surface area contributed by atoms with Crippen LogP contribution in [0.3, 0.4) is 0 Å². The van der Waals surface area contributed by atoms with Gasteiger partial charge in [0.25, 0.3) is 5.91 Å². The number of aromatic amines is 1. The minimum absolute atomic E-state index is 0.294. The zero-order chi connectivity index (χ0) is 13.1. The summed E-state index contributed by atoms with van der Waals surface area (Å²) in [4.78, 5) is 12.0. The molecular formula is C12H11Cl2N3O. The Morgan fingerprint density at radius 1 is 1.39 bits per heavy atom. The molecule has 0 saturated heterocycles. The molecular weight excluding hydrogens is 273 g/mol. The largest absolute Gasteiger partial charge is 0.348 e. The number of nitrogens with one attached hydrogen (secondary N) is 2. The van der Waals surface area contributed by atoms with E-state index < -0.39 is 0 Å². The number of carbonyl (C=O) groups is 1. The Balaban J connectivity index is 2.11. The van der Waals surface area contributed by atoms with Crippen molar-refractivity contribution in [1.82, 2.24) is 15.5 Å². The van der Waals surface area contributed by atoms with Crippen LogP contribution in [0.2, 0.25) is 10.0 Å². The van der Waals surface area contributed by atoms with Gasteiger partial charge in [0.2, 0.25) is 0 Å². The van der Waals surface area contributed by atoms with Gasteiger partial charge in [0, 0.05) is 17.8 Å². The van der Waals surface area contributed by atoms with Crippen molar-refractivity contribution in [2.75, 3.05) is 0 Å². The van der Waals surface area contributed by atoms with E-state index in [2.05, 4.69) is 15.5 Å². The van der Waals surface area contributed by atoms with E-state index in [9.17, 15) is 4.79 Å². The fourth-order valence-corrected chi connectivity index (χ4v) is 2.10. The van der Waals surface area contributed by atoms with Gasteiger partial charge in [-0.25, -0.2) is 0 Å². The van der Waals surface area contributed by atoms with Crippen LogP contribution < -0.4 is 5.32 Å². The average molecular weight is 284 g/mol. The number of hydrogen-bond donors (Lipinski definition) is 2. The number of benzene rings is 1. The van der Waals surface area contributed by atoms with Gasteiger partial charge in [0.05, 0.1) is 21.8 Å². The molecule has 0 radical (unpaired) electrons. The topological polar surface area (TPSA) is 57.8 Å². The van der Waals surface area contributed by atoms with Gasteiger partial charge >= 0.3 is 0 Å². The standard InChI is InChI=1S/C12H11Cl2N3O/c1-7-8(6-16-17-7)5-15-12(18)11-9(13)3-2-4-10(11)14/h2-4,6H,5H2,1H3,(H,15,18)(H,16,17). The van der Waals surface area contributed by atoms with E-state index >= 15 is 0 Å². The molecule has 1 amide bonds. The van der Waals surface area contributed by atoms with Crippen LogP contribution in [0.25, 0.3) is 0 Å². The van der Waals surface area contributed by atoms with E-state index in [4.69, 9.17) is 23.2 Å². The van der Waals surface area contributed by atoms with Crippen molar-refractivity contribution in [2.45, 2.75) is 13.5 Å². The van der Waals surface area contributed by atoms with Crippen LogP contribution in [0.4, 0.5) is 0 Å². The van der Waals surface area contributed by atoms with Crippen molar-refractivity contribution in [2.24, 2.45) is 0 Å². The van der Waals surface area contributed by atoms with E-state index in [0.29, 0.717) is 22.2 Å². The second-order valence-corrected chi connectivity index (χ2v) is 4.61. The lowest BCUT2D eigenvalue weighted by atomic mass is 10.2. The number of H-pyrrole nitrogens is 1. The summed E-state index contributed by atoms with van der Waals surface area (Å²) in [6, 6.07) is 4.96. The third kappa shape index (κ3) is 2.66. The number of rotatable bonds is 3. The van der Waals surface area contributed by atoms with Crippen LogP contribution in [-0.4, -0.2) is 16.1 Å². The predicted octanol–water partition coefficient (Wildman–Crippen LogP) is 2.95. The molecule has 0 bridgehead atoms. The number of halogens is 2. The molecule has 0 aliphatic carbocycles. The summed E-state index contributed by atoms with van der Waals surface area (Å²) in [6.07, 6.45) is 1.67. The molecule has 0 unspecified atom stereocenters. The Kier molecular flexibility index (Phi) is 3.89. The van der Waals surface area contributed by atoms with Crippen molar-refractivity contribution in [3.8, 4) is 0 Å². The van der Waals surface area contributed by atoms with Crippen molar-refractivity contribution in [3.63, 3.8) is 0 Å². The number of hydrogen-bond acceptors (Lipinski definition) is 2. The number of amides is 1. The molecule has 2 N–H and O–H groups in total. The quantitative estimate of drug-likeness (QED) is 0.910. The van der Waals surface area contributed by atoms with E-state index in [-0.39, 0.29) is 5.91 Å². The maximum absolute atomic E-state index is 12.0. The summed E-state index contributed by atoms with van der Waals surface area (Å²) < 4.78 is 0. The Bertz CT molecular complexity index is 560. The number of aromatic nitrogens is 2. The van der Waals surface area contributed by atoms with Crippen LogP contribution in [0.15, 0.2) is 24.4 Å². The Morgan fingerprint density at radius 3 is 2.61 bits per heavy atom. The fourth-order valence-electron chi connectivity index (χ4n) is 1.53. The highest BCUT2D eigenvalue weighted by molar-refractivity contribution is 6.39. The zero-order valence-corrected chi connectivity index (χ0v) is 11.1. The van der Waals surface area contributed by atoms with Crippen LogP contribution in [-0.2, 0) is 6.54 Å². The van der Waals surface area contributed by atoms with Crippen LogP contribution in [0.1, 0.15) is 21.6 Å². The third-order valence-corrected chi connectivity index (χ3v) is 3.19. The highest BCUT2D eigenvalue weighted by Gasteiger charge is 2.14. The van der Waals surface area contributed by atoms with Crippen molar-refractivity contribution >= 4 is 29.1 Å². The maximum atomic E-state index is 12.0. The van der Waals surface area contributed by atoms with Gasteiger partial charge < -0.3 is 5.32 Å². The maximum Gasteiger partial charge on any atom is 0.254 e. The van der Waals surface area contributed by atoms with Gasteiger partial charge in [-0.1, -0.05) is 29.3 Å². The summed E-state index contributed by atoms with van der Waals surface area (Å²) in [5, 5.41) is 10.1. The summed E-state index contributed by atoms with van der Waals surface area (Å²) in [6.45, 7) is 2.26. The normalized spacial score (nSPS) is 10.4. The van der Waals surface area contributed by atoms with Gasteiger partial charge in [-0.05, 0) is 19.1 Å². The molecule has 1 aromatic heterocycles. The molecule has 0 spiro atoms. The summed E-state index contributed by atoms with van der Waals surface area (Å²) >= 11 is 11.9. The van der Waals surface area contributed by atoms with Crippen LogP contribution in [0, 0.1) is 6.92 Å². The van der Waals surface area contributed by atoms with Gasteiger partial charge in [0.15, 0.2) is 0 Å². The van der Waals surface area contributed by atoms with E-state index in [1.807, 2.05) is 6.92 Å². The first kappa shape index (κ1) is 12.9. The van der Waals surface area contributed by atoms with Crippen molar-refractivity contribution in [1.29, 1.82) is 0 Å². The van der Waals surface area contributed by atoms with Crippen LogP contribution in [0.5, 0.6) is 0 Å². The molecule has 94 valence electrons. The Morgan fingerprint density at radius 2 is 2.06 bits per heavy atom. The smallest absolute Gasteiger partial charge is 0.254 e. The lowest BCUT2D eigenvalue weighted by Gasteiger charge is -2.07. The highest BCUT2D eigenvalue weighted by Crippen LogP contribution is 2.24. The molecule has 2 aromatic rings. The highest BCUT2D eigenvalue weighted by atomic mass is 35.5. The molecule has 0 aliphatic rings. The van der Waals surface area contributed by atoms with Crippen LogP contribution >= 0.6 is 23.2 Å². The molecule has 1 aromatic carbocycles. The second kappa shape index (κ2) is 5.42. The van der Waals surface area contributed by atoms with E-state index in [0.717, 1.165) is 11.3 Å². The van der Waals surface area contributed by atoms with Crippen molar-refractivity contribution in [3.05, 3.63) is 51.3 Å². The number of nitrogens with zero attached hydrogens (tertiary/aromatic N) is 1. The van der Waals surface area contributed by atoms with Gasteiger partial charge in [0.1, 0.15) is 0 Å². The van der Waals surface area contributed by atoms with E-state index in [1.54, 1.807) is 24.4 Å². The molecule has 0 fully saturated rings. The van der Waals surface area contributed by atoms with E-state index in [1.165, 1.54) is 0 Å². The first-order valence-electron chi connectivity index (χ1n) is 5.30. The molecule has 0 saturated carbocycles. The van der Waals surface area contributed by atoms with Gasteiger partial charge in [-0.3, -0.25) is 9.89 Å². The molecule has 4 nitrogen and oxygen atoms in total. The van der Waals surface area contributed by atoms with Gasteiger partial charge in [-0.2, -0.15) is 5.10 Å². The minimum Gasteiger partial charge on any atom is -0.348 e. The second-order valence-electron chi connectivity index (χ2n) is 3.80. The molecule has 0 atom stereocenters. The minimum atomic E-state index is -0.300. The molecule has 0 aliphatic heterocycles. The monoisotopic (exact) mass is 283 g/mol. The summed E-state index contributed by atoms with van der Waals surface area (Å²) in [7, 11) is 0. The molecule has 2 rings (SSSR count). The fraction of sp³-hybridized carbons (Fsp3) is 0.167. The zero-order valence-electron chi connectivity index (χ0n) is 9.63. The lowest BCUT2D eigenvalue weighted by molar-refractivity contribution is 0.0951. The third-order valence-electron chi connectivity index (χ3n) is 2.56. The number of carbonyl (C=O) groups excluding carboxylic acids is 1. The Hall–Kier alpha value is -1.52. The molecule has 1 heterocycles. The Labute approximate surface area is 114 Å². The SMILES string of the molecule is Cc1[nH]ncc1CNC(=O)c1c(Cl)cccc1Cl. The van der Waals surface area contributed by atoms with Gasteiger partial charge in [-0.15, -0.1) is 0 Å². The first-order valence-corrected chi connectivity index (χ1v) is 6.06. The number of aryl methyl sites for hydroxylation is 1. The predicted molar refractivity (Wildman–Crippen MR) is 71.0 cm³/mol. The lowest BCUT2D eigenvalue weighted by Crippen LogP contribution is -2.23. The molecule has 18 heavy (non-hydrogen) atoms. The first-order chi connectivity index (χ1) is 8.59. The average Bonchev–Trinajstić information content (AvgIpc) is 2.72. The van der Waals surface area contributed by atoms with Crippen molar-refractivity contribution < 1.29 is 4.79 Å². The molecule has 6 heteroatoms.